The smallest absolute Gasteiger partial charge is 0.323 e. The first-order valence-corrected chi connectivity index (χ1v) is 17.7. The van der Waals surface area contributed by atoms with E-state index in [0.29, 0.717) is 39.3 Å². The number of ether oxygens (including phenoxy) is 1. The van der Waals surface area contributed by atoms with Gasteiger partial charge >= 0.3 is 6.03 Å². The quantitative estimate of drug-likeness (QED) is 0.0779. The molecular weight excluding hydrogens is 709 g/mol. The molecule has 11 nitrogen and oxygen atoms in total. The van der Waals surface area contributed by atoms with Gasteiger partial charge in [-0.3, -0.25) is 14.6 Å². The molecule has 4 N–H and O–H groups in total. The van der Waals surface area contributed by atoms with Crippen molar-refractivity contribution in [3.05, 3.63) is 123 Å². The zero-order valence-corrected chi connectivity index (χ0v) is 29.7. The molecule has 3 amide bonds. The first-order chi connectivity index (χ1) is 24.8. The Morgan fingerprint density at radius 3 is 2.37 bits per heavy atom. The highest BCUT2D eigenvalue weighted by atomic mass is 35.5. The van der Waals surface area contributed by atoms with Crippen LogP contribution in [0.25, 0.3) is 10.6 Å². The molecule has 1 fully saturated rings. The third-order valence-corrected chi connectivity index (χ3v) is 9.38. The number of carbonyl (C=O) groups excluding carboxylic acids is 2. The fourth-order valence-corrected chi connectivity index (χ4v) is 6.42. The normalized spacial score (nSPS) is 13.6. The molecular formula is C37H35Cl2N7O4S. The Balaban J connectivity index is 0.894. The highest BCUT2D eigenvalue weighted by Crippen LogP contribution is 2.27. The topological polar surface area (TPSA) is 131 Å². The highest BCUT2D eigenvalue weighted by molar-refractivity contribution is 7.13. The van der Waals surface area contributed by atoms with Crippen LogP contribution in [-0.2, 0) is 17.9 Å². The largest absolute Gasteiger partial charge is 0.507 e. The fraction of sp³-hybridized carbons (Fsp3) is 0.189. The SMILES string of the molecule is O=C(CN1CCN(Cc2csc(-c3ccc(NC(=O)Nc4cccc(Cl)c4)cc3)n2)CC1)N/N=C/c1ccc(OCc2ccc(Cl)cc2)cc1O. The number of thiazole rings is 1. The van der Waals surface area contributed by atoms with Crippen molar-refractivity contribution >= 4 is 64.1 Å². The van der Waals surface area contributed by atoms with Crippen LogP contribution < -0.4 is 20.8 Å². The van der Waals surface area contributed by atoms with Gasteiger partial charge in [0, 0.05) is 76.7 Å². The fourth-order valence-electron chi connectivity index (χ4n) is 5.28. The van der Waals surface area contributed by atoms with E-state index in [0.717, 1.165) is 54.6 Å². The second-order valence-corrected chi connectivity index (χ2v) is 13.5. The standard InChI is InChI=1S/C37H35Cl2N7O4S/c38-28-9-4-25(5-10-28)23-50-33-13-8-27(34(47)19-33)20-40-44-35(48)22-46-16-14-45(15-17-46)21-32-24-51-36(41-32)26-6-11-30(12-7-26)42-37(49)43-31-3-1-2-29(39)18-31/h1-13,18-20,24,47H,14-17,21-23H2,(H,44,48)(H2,42,43,49)/b40-20+. The lowest BCUT2D eigenvalue weighted by Gasteiger charge is -2.33. The summed E-state index contributed by atoms with van der Waals surface area (Å²) in [6.07, 6.45) is 1.41. The molecule has 0 bridgehead atoms. The van der Waals surface area contributed by atoms with E-state index in [1.54, 1.807) is 59.9 Å². The van der Waals surface area contributed by atoms with Crippen molar-refractivity contribution in [1.82, 2.24) is 20.2 Å². The minimum absolute atomic E-state index is 0.00699. The first-order valence-electron chi connectivity index (χ1n) is 16.1. The van der Waals surface area contributed by atoms with Crippen LogP contribution in [0.3, 0.4) is 0 Å². The molecule has 6 rings (SSSR count). The highest BCUT2D eigenvalue weighted by Gasteiger charge is 2.20. The average molecular weight is 745 g/mol. The van der Waals surface area contributed by atoms with Crippen LogP contribution in [0.1, 0.15) is 16.8 Å². The Hall–Kier alpha value is -4.98. The Labute approximate surface area is 309 Å². The summed E-state index contributed by atoms with van der Waals surface area (Å²) in [5.41, 5.74) is 7.19. The Morgan fingerprint density at radius 1 is 0.882 bits per heavy atom. The second-order valence-electron chi connectivity index (χ2n) is 11.8. The number of hydrogen-bond donors (Lipinski definition) is 4. The van der Waals surface area contributed by atoms with Crippen LogP contribution in [0.5, 0.6) is 11.5 Å². The monoisotopic (exact) mass is 743 g/mol. The summed E-state index contributed by atoms with van der Waals surface area (Å²) in [6, 6.07) is 26.4. The minimum atomic E-state index is -0.354. The maximum absolute atomic E-state index is 12.5. The van der Waals surface area contributed by atoms with Crippen LogP contribution in [0.4, 0.5) is 16.2 Å². The number of aromatic nitrogens is 1. The number of aromatic hydroxyl groups is 1. The van der Waals surface area contributed by atoms with Gasteiger partial charge in [-0.2, -0.15) is 5.10 Å². The van der Waals surface area contributed by atoms with Crippen LogP contribution >= 0.6 is 34.5 Å². The number of halogens is 2. The lowest BCUT2D eigenvalue weighted by atomic mass is 10.2. The predicted molar refractivity (Wildman–Crippen MR) is 203 cm³/mol. The summed E-state index contributed by atoms with van der Waals surface area (Å²) in [7, 11) is 0. The van der Waals surface area contributed by atoms with Crippen molar-refractivity contribution in [2.75, 3.05) is 43.4 Å². The number of anilines is 2. The number of phenolic OH excluding ortho intramolecular Hbond substituents is 1. The van der Waals surface area contributed by atoms with E-state index >= 15 is 0 Å². The third-order valence-electron chi connectivity index (χ3n) is 7.96. The number of benzene rings is 4. The van der Waals surface area contributed by atoms with Gasteiger partial charge in [-0.25, -0.2) is 15.2 Å². The lowest BCUT2D eigenvalue weighted by molar-refractivity contribution is -0.122. The van der Waals surface area contributed by atoms with Gasteiger partial charge in [0.05, 0.1) is 18.5 Å². The zero-order chi connectivity index (χ0) is 35.6. The lowest BCUT2D eigenvalue weighted by Crippen LogP contribution is -2.48. The van der Waals surface area contributed by atoms with E-state index in [1.807, 2.05) is 36.4 Å². The second kappa shape index (κ2) is 17.3. The van der Waals surface area contributed by atoms with Gasteiger partial charge < -0.3 is 20.5 Å². The number of nitrogens with one attached hydrogen (secondary N) is 3. The van der Waals surface area contributed by atoms with E-state index < -0.39 is 0 Å². The van der Waals surface area contributed by atoms with E-state index in [2.05, 4.69) is 36.3 Å². The number of phenols is 1. The molecule has 2 heterocycles. The number of rotatable bonds is 12. The summed E-state index contributed by atoms with van der Waals surface area (Å²) in [5.74, 6) is 0.276. The van der Waals surface area contributed by atoms with Crippen molar-refractivity contribution in [2.24, 2.45) is 5.10 Å². The molecule has 0 aliphatic carbocycles. The summed E-state index contributed by atoms with van der Waals surface area (Å²) in [5, 5.41) is 24.2. The molecule has 1 saturated heterocycles. The van der Waals surface area contributed by atoms with E-state index in [-0.39, 0.29) is 24.2 Å². The molecule has 262 valence electrons. The molecule has 1 aromatic heterocycles. The molecule has 0 atom stereocenters. The molecule has 0 radical (unpaired) electrons. The maximum atomic E-state index is 12.5. The van der Waals surface area contributed by atoms with Crippen molar-refractivity contribution in [1.29, 1.82) is 0 Å². The number of nitrogens with zero attached hydrogens (tertiary/aromatic N) is 4. The summed E-state index contributed by atoms with van der Waals surface area (Å²) in [6.45, 7) is 4.38. The molecule has 0 saturated carbocycles. The van der Waals surface area contributed by atoms with Crippen LogP contribution in [0, 0.1) is 0 Å². The van der Waals surface area contributed by atoms with Crippen molar-refractivity contribution in [3.63, 3.8) is 0 Å². The van der Waals surface area contributed by atoms with Gasteiger partial charge in [0.1, 0.15) is 23.1 Å². The Kier molecular flexibility index (Phi) is 12.2. The number of carbonyl (C=O) groups is 2. The van der Waals surface area contributed by atoms with Gasteiger partial charge in [0.2, 0.25) is 0 Å². The van der Waals surface area contributed by atoms with Gasteiger partial charge in [-0.15, -0.1) is 11.3 Å². The van der Waals surface area contributed by atoms with Gasteiger partial charge in [-0.1, -0.05) is 41.4 Å². The van der Waals surface area contributed by atoms with Gasteiger partial charge in [0.25, 0.3) is 5.91 Å². The average Bonchev–Trinajstić information content (AvgIpc) is 3.58. The summed E-state index contributed by atoms with van der Waals surface area (Å²) < 4.78 is 5.74. The first kappa shape index (κ1) is 35.8. The number of piperazine rings is 1. The maximum Gasteiger partial charge on any atom is 0.323 e. The van der Waals surface area contributed by atoms with Gasteiger partial charge in [0.15, 0.2) is 0 Å². The number of amides is 3. The van der Waals surface area contributed by atoms with Crippen LogP contribution in [0.15, 0.2) is 101 Å². The molecule has 0 spiro atoms. The minimum Gasteiger partial charge on any atom is -0.507 e. The predicted octanol–water partition coefficient (Wildman–Crippen LogP) is 7.31. The summed E-state index contributed by atoms with van der Waals surface area (Å²) >= 11 is 13.5. The molecule has 1 aliphatic heterocycles. The van der Waals surface area contributed by atoms with Crippen LogP contribution in [-0.4, -0.2) is 70.8 Å². The third kappa shape index (κ3) is 10.8. The molecule has 51 heavy (non-hydrogen) atoms. The van der Waals surface area contributed by atoms with Gasteiger partial charge in [-0.05, 0) is 72.3 Å². The molecule has 5 aromatic rings. The van der Waals surface area contributed by atoms with E-state index in [9.17, 15) is 14.7 Å². The molecule has 14 heteroatoms. The Bertz CT molecular complexity index is 1980. The molecule has 0 unspecified atom stereocenters. The van der Waals surface area contributed by atoms with Crippen molar-refractivity contribution < 1.29 is 19.4 Å². The zero-order valence-electron chi connectivity index (χ0n) is 27.4. The van der Waals surface area contributed by atoms with E-state index in [4.69, 9.17) is 32.9 Å². The molecule has 1 aliphatic rings. The molecule has 4 aromatic carbocycles. The number of hydrogen-bond acceptors (Lipinski definition) is 9. The Morgan fingerprint density at radius 2 is 1.63 bits per heavy atom. The number of hydrazone groups is 1. The summed E-state index contributed by atoms with van der Waals surface area (Å²) in [4.78, 5) is 34.1. The van der Waals surface area contributed by atoms with Crippen molar-refractivity contribution in [2.45, 2.75) is 13.2 Å². The van der Waals surface area contributed by atoms with Crippen molar-refractivity contribution in [3.8, 4) is 22.1 Å². The van der Waals surface area contributed by atoms with E-state index in [1.165, 1.54) is 12.3 Å². The number of urea groups is 1. The van der Waals surface area contributed by atoms with Crippen LogP contribution in [0.2, 0.25) is 10.0 Å².